The Morgan fingerprint density at radius 3 is 2.68 bits per heavy atom. The Balaban J connectivity index is 2.14. The van der Waals surface area contributed by atoms with Crippen LogP contribution in [0, 0.1) is 0 Å². The second-order valence-electron chi connectivity index (χ2n) is 5.09. The number of nitrogens with one attached hydrogen (secondary N) is 2. The summed E-state index contributed by atoms with van der Waals surface area (Å²) in [5.41, 5.74) is 3.63. The molecule has 0 radical (unpaired) electrons. The van der Waals surface area contributed by atoms with Gasteiger partial charge in [-0.25, -0.2) is 8.42 Å². The van der Waals surface area contributed by atoms with Crippen LogP contribution in [0.1, 0.15) is 0 Å². The van der Waals surface area contributed by atoms with Gasteiger partial charge in [-0.2, -0.15) is 0 Å². The Morgan fingerprint density at radius 2 is 1.86 bits per heavy atom. The first-order valence-corrected chi connectivity index (χ1v) is 8.32. The molecule has 0 saturated carbocycles. The molecule has 0 fully saturated rings. The molecule has 2 N–H and O–H groups in total. The predicted octanol–water partition coefficient (Wildman–Crippen LogP) is 3.06. The Labute approximate surface area is 128 Å². The highest BCUT2D eigenvalue weighted by Gasteiger charge is 2.28. The third kappa shape index (κ3) is 1.70. The number of hydrogen-bond donors (Lipinski definition) is 2. The van der Waals surface area contributed by atoms with Gasteiger partial charge in [-0.3, -0.25) is 9.71 Å². The minimum Gasteiger partial charge on any atom is -0.388 e. The van der Waals surface area contributed by atoms with E-state index in [0.717, 1.165) is 16.6 Å². The van der Waals surface area contributed by atoms with Gasteiger partial charge >= 0.3 is 0 Å². The lowest BCUT2D eigenvalue weighted by atomic mass is 10.0. The van der Waals surface area contributed by atoms with E-state index >= 15 is 0 Å². The molecule has 0 atom stereocenters. The van der Waals surface area contributed by atoms with Crippen LogP contribution >= 0.6 is 0 Å². The molecule has 5 nitrogen and oxygen atoms in total. The minimum atomic E-state index is -3.58. The number of pyridine rings is 1. The molecule has 22 heavy (non-hydrogen) atoms. The topological polar surface area (TPSA) is 71.1 Å². The van der Waals surface area contributed by atoms with Gasteiger partial charge in [-0.05, 0) is 18.2 Å². The first-order chi connectivity index (χ1) is 10.6. The predicted molar refractivity (Wildman–Crippen MR) is 87.5 cm³/mol. The van der Waals surface area contributed by atoms with Crippen molar-refractivity contribution in [1.29, 1.82) is 0 Å². The zero-order valence-electron chi connectivity index (χ0n) is 11.8. The number of sulfonamides is 1. The van der Waals surface area contributed by atoms with E-state index in [0.29, 0.717) is 21.7 Å². The summed E-state index contributed by atoms with van der Waals surface area (Å²) in [5, 5.41) is 3.98. The Hall–Kier alpha value is -2.60. The molecule has 0 spiro atoms. The van der Waals surface area contributed by atoms with Gasteiger partial charge in [0.25, 0.3) is 10.0 Å². The molecule has 3 aromatic rings. The zero-order valence-corrected chi connectivity index (χ0v) is 12.6. The van der Waals surface area contributed by atoms with Crippen LogP contribution in [0.5, 0.6) is 0 Å². The SMILES string of the molecule is CNc1ccnc2c3c(ccc12)-c1ccccc1S(=O)(=O)N3. The van der Waals surface area contributed by atoms with Crippen molar-refractivity contribution in [3.05, 3.63) is 48.7 Å². The Morgan fingerprint density at radius 1 is 1.05 bits per heavy atom. The molecule has 0 bridgehead atoms. The van der Waals surface area contributed by atoms with Crippen LogP contribution in [0.2, 0.25) is 0 Å². The number of hydrogen-bond acceptors (Lipinski definition) is 4. The van der Waals surface area contributed by atoms with Crippen molar-refractivity contribution in [2.75, 3.05) is 17.1 Å². The quantitative estimate of drug-likeness (QED) is 0.724. The van der Waals surface area contributed by atoms with Gasteiger partial charge in [0, 0.05) is 35.4 Å². The highest BCUT2D eigenvalue weighted by Crippen LogP contribution is 2.43. The molecule has 0 saturated heterocycles. The van der Waals surface area contributed by atoms with Gasteiger partial charge in [0.1, 0.15) is 0 Å². The Bertz CT molecular complexity index is 1010. The third-order valence-electron chi connectivity index (χ3n) is 3.89. The molecule has 0 unspecified atom stereocenters. The van der Waals surface area contributed by atoms with Crippen molar-refractivity contribution in [1.82, 2.24) is 4.98 Å². The summed E-state index contributed by atoms with van der Waals surface area (Å²) < 4.78 is 27.6. The third-order valence-corrected chi connectivity index (χ3v) is 5.29. The van der Waals surface area contributed by atoms with Crippen LogP contribution in [0.4, 0.5) is 11.4 Å². The van der Waals surface area contributed by atoms with Crippen molar-refractivity contribution in [3.8, 4) is 11.1 Å². The summed E-state index contributed by atoms with van der Waals surface area (Å²) in [4.78, 5) is 4.67. The van der Waals surface area contributed by atoms with E-state index in [1.165, 1.54) is 0 Å². The zero-order chi connectivity index (χ0) is 15.3. The molecular formula is C16H13N3O2S. The van der Waals surface area contributed by atoms with Gasteiger partial charge < -0.3 is 5.32 Å². The average molecular weight is 311 g/mol. The van der Waals surface area contributed by atoms with E-state index in [-0.39, 0.29) is 0 Å². The lowest BCUT2D eigenvalue weighted by Crippen LogP contribution is -2.19. The van der Waals surface area contributed by atoms with Crippen molar-refractivity contribution < 1.29 is 8.42 Å². The molecular weight excluding hydrogens is 298 g/mol. The van der Waals surface area contributed by atoms with E-state index in [1.54, 1.807) is 18.3 Å². The van der Waals surface area contributed by atoms with Crippen molar-refractivity contribution in [2.24, 2.45) is 0 Å². The van der Waals surface area contributed by atoms with Crippen molar-refractivity contribution >= 4 is 32.3 Å². The van der Waals surface area contributed by atoms with E-state index in [9.17, 15) is 8.42 Å². The molecule has 0 aliphatic carbocycles. The molecule has 1 aromatic heterocycles. The van der Waals surface area contributed by atoms with Crippen LogP contribution in [-0.4, -0.2) is 20.4 Å². The van der Waals surface area contributed by atoms with E-state index in [4.69, 9.17) is 0 Å². The normalized spacial score (nSPS) is 14.8. The van der Waals surface area contributed by atoms with Crippen molar-refractivity contribution in [2.45, 2.75) is 4.90 Å². The summed E-state index contributed by atoms with van der Waals surface area (Å²) in [7, 11) is -1.75. The number of anilines is 2. The van der Waals surface area contributed by atoms with Crippen LogP contribution in [0.3, 0.4) is 0 Å². The molecule has 6 heteroatoms. The number of nitrogens with zero attached hydrogens (tertiary/aromatic N) is 1. The maximum absolute atomic E-state index is 12.5. The molecule has 1 aliphatic heterocycles. The fourth-order valence-electron chi connectivity index (χ4n) is 2.88. The highest BCUT2D eigenvalue weighted by atomic mass is 32.2. The van der Waals surface area contributed by atoms with Crippen LogP contribution in [0.25, 0.3) is 22.0 Å². The van der Waals surface area contributed by atoms with E-state index in [2.05, 4.69) is 15.0 Å². The summed E-state index contributed by atoms with van der Waals surface area (Å²) >= 11 is 0. The molecule has 0 amide bonds. The first kappa shape index (κ1) is 13.1. The number of benzene rings is 2. The lowest BCUT2D eigenvalue weighted by molar-refractivity contribution is 0.601. The van der Waals surface area contributed by atoms with Crippen LogP contribution in [0.15, 0.2) is 53.6 Å². The van der Waals surface area contributed by atoms with Crippen LogP contribution < -0.4 is 10.0 Å². The van der Waals surface area contributed by atoms with Gasteiger partial charge in [0.15, 0.2) is 0 Å². The van der Waals surface area contributed by atoms with Crippen molar-refractivity contribution in [3.63, 3.8) is 0 Å². The molecule has 2 heterocycles. The Kier molecular flexibility index (Phi) is 2.65. The standard InChI is InChI=1S/C16H13N3O2S/c1-17-13-8-9-18-15-12(13)7-6-11-10-4-2-3-5-14(10)22(20,21)19-16(11)15/h2-9,19H,1H3,(H,17,18). The summed E-state index contributed by atoms with van der Waals surface area (Å²) in [6.45, 7) is 0. The number of rotatable bonds is 1. The van der Waals surface area contributed by atoms with E-state index in [1.807, 2.05) is 37.4 Å². The van der Waals surface area contributed by atoms with Gasteiger partial charge in [0.2, 0.25) is 0 Å². The number of aromatic nitrogens is 1. The second kappa shape index (κ2) is 4.45. The van der Waals surface area contributed by atoms with Gasteiger partial charge in [-0.15, -0.1) is 0 Å². The molecule has 110 valence electrons. The number of fused-ring (bicyclic) bond motifs is 5. The molecule has 1 aliphatic rings. The largest absolute Gasteiger partial charge is 0.388 e. The lowest BCUT2D eigenvalue weighted by Gasteiger charge is -2.22. The summed E-state index contributed by atoms with van der Waals surface area (Å²) in [5.74, 6) is 0. The summed E-state index contributed by atoms with van der Waals surface area (Å²) in [6, 6.07) is 12.7. The summed E-state index contributed by atoms with van der Waals surface area (Å²) in [6.07, 6.45) is 1.67. The fourth-order valence-corrected chi connectivity index (χ4v) is 4.19. The first-order valence-electron chi connectivity index (χ1n) is 6.83. The van der Waals surface area contributed by atoms with Crippen LogP contribution in [-0.2, 0) is 10.0 Å². The van der Waals surface area contributed by atoms with E-state index < -0.39 is 10.0 Å². The minimum absolute atomic E-state index is 0.298. The maximum Gasteiger partial charge on any atom is 0.262 e. The molecule has 4 rings (SSSR count). The molecule has 2 aromatic carbocycles. The van der Waals surface area contributed by atoms with Gasteiger partial charge in [0.05, 0.1) is 16.1 Å². The smallest absolute Gasteiger partial charge is 0.262 e. The fraction of sp³-hybridized carbons (Fsp3) is 0.0625. The maximum atomic E-state index is 12.5. The van der Waals surface area contributed by atoms with Gasteiger partial charge in [-0.1, -0.05) is 24.3 Å². The highest BCUT2D eigenvalue weighted by molar-refractivity contribution is 7.93. The monoisotopic (exact) mass is 311 g/mol. The average Bonchev–Trinajstić information content (AvgIpc) is 2.54. The second-order valence-corrected chi connectivity index (χ2v) is 6.75.